The quantitative estimate of drug-likeness (QED) is 0.413. The van der Waals surface area contributed by atoms with Crippen molar-refractivity contribution in [1.82, 2.24) is 20.4 Å². The Morgan fingerprint density at radius 3 is 2.65 bits per heavy atom. The number of guanidine groups is 1. The molecule has 26 heavy (non-hydrogen) atoms. The molecule has 0 aromatic heterocycles. The zero-order valence-corrected chi connectivity index (χ0v) is 17.1. The molecule has 0 aromatic carbocycles. The Balaban J connectivity index is 1.73. The molecular formula is C20H39N5O. The number of nitrogens with zero attached hydrogens (tertiary/aromatic N) is 3. The normalized spacial score (nSPS) is 21.2. The molecule has 0 atom stereocenters. The number of hydrogen-bond acceptors (Lipinski definition) is 3. The van der Waals surface area contributed by atoms with Crippen LogP contribution in [0.15, 0.2) is 4.99 Å². The third-order valence-corrected chi connectivity index (χ3v) is 5.47. The zero-order valence-electron chi connectivity index (χ0n) is 17.1. The molecule has 0 bridgehead atoms. The van der Waals surface area contributed by atoms with Crippen molar-refractivity contribution >= 4 is 11.9 Å². The minimum Gasteiger partial charge on any atom is -0.357 e. The largest absolute Gasteiger partial charge is 0.357 e. The van der Waals surface area contributed by atoms with Crippen LogP contribution in [0.3, 0.4) is 0 Å². The molecule has 2 N–H and O–H groups in total. The lowest BCUT2D eigenvalue weighted by Gasteiger charge is -2.35. The summed E-state index contributed by atoms with van der Waals surface area (Å²) in [4.78, 5) is 21.4. The number of hydrogen-bond donors (Lipinski definition) is 2. The van der Waals surface area contributed by atoms with Crippen molar-refractivity contribution in [2.24, 2.45) is 4.99 Å². The van der Waals surface area contributed by atoms with Gasteiger partial charge in [-0.15, -0.1) is 0 Å². The van der Waals surface area contributed by atoms with Crippen LogP contribution in [0.1, 0.15) is 65.7 Å². The molecule has 2 fully saturated rings. The Morgan fingerprint density at radius 2 is 1.96 bits per heavy atom. The maximum absolute atomic E-state index is 12.0. The van der Waals surface area contributed by atoms with E-state index in [1.807, 2.05) is 4.90 Å². The fraction of sp³-hybridized carbons (Fsp3) is 0.900. The molecule has 2 aliphatic rings. The number of rotatable bonds is 7. The molecule has 0 aromatic rings. The highest BCUT2D eigenvalue weighted by Crippen LogP contribution is 2.13. The van der Waals surface area contributed by atoms with Gasteiger partial charge in [0, 0.05) is 57.8 Å². The molecule has 0 spiro atoms. The van der Waals surface area contributed by atoms with Crippen LogP contribution in [0.4, 0.5) is 0 Å². The summed E-state index contributed by atoms with van der Waals surface area (Å²) < 4.78 is 0. The van der Waals surface area contributed by atoms with Crippen molar-refractivity contribution in [1.29, 1.82) is 0 Å². The van der Waals surface area contributed by atoms with Gasteiger partial charge in [0.15, 0.2) is 5.96 Å². The molecule has 6 heteroatoms. The molecule has 1 amide bonds. The van der Waals surface area contributed by atoms with E-state index in [2.05, 4.69) is 36.3 Å². The van der Waals surface area contributed by atoms with Gasteiger partial charge in [0.2, 0.25) is 5.91 Å². The minimum absolute atomic E-state index is 0.327. The SMILES string of the molecule is CCNC(=NCCCN1CCCCCC1=O)NC1CCN(C(C)C)CC1. The number of carbonyl (C=O) groups excluding carboxylic acids is 1. The fourth-order valence-electron chi connectivity index (χ4n) is 3.80. The van der Waals surface area contributed by atoms with Gasteiger partial charge in [0.05, 0.1) is 0 Å². The average Bonchev–Trinajstić information content (AvgIpc) is 2.83. The standard InChI is InChI=1S/C20H39N5O/c1-4-21-20(23-18-10-15-24(16-11-18)17(2)3)22-12-8-14-25-13-7-5-6-9-19(25)26/h17-18H,4-16H2,1-3H3,(H2,21,22,23). The number of aliphatic imine (C=N–C) groups is 1. The number of likely N-dealkylation sites (tertiary alicyclic amines) is 2. The second-order valence-corrected chi connectivity index (χ2v) is 7.85. The van der Waals surface area contributed by atoms with E-state index < -0.39 is 0 Å². The molecule has 0 unspecified atom stereocenters. The first kappa shape index (κ1) is 21.0. The first-order chi connectivity index (χ1) is 12.6. The van der Waals surface area contributed by atoms with E-state index in [9.17, 15) is 4.79 Å². The summed E-state index contributed by atoms with van der Waals surface area (Å²) in [6, 6.07) is 1.15. The molecule has 2 heterocycles. The Bertz CT molecular complexity index is 443. The third kappa shape index (κ3) is 7.14. The van der Waals surface area contributed by atoms with Crippen LogP contribution in [0, 0.1) is 0 Å². The molecule has 0 saturated carbocycles. The molecule has 6 nitrogen and oxygen atoms in total. The van der Waals surface area contributed by atoms with Crippen molar-refractivity contribution in [3.8, 4) is 0 Å². The van der Waals surface area contributed by atoms with Gasteiger partial charge in [-0.05, 0) is 52.9 Å². The summed E-state index contributed by atoms with van der Waals surface area (Å²) in [5.41, 5.74) is 0. The summed E-state index contributed by atoms with van der Waals surface area (Å²) in [5.74, 6) is 1.26. The highest BCUT2D eigenvalue weighted by molar-refractivity contribution is 5.80. The molecule has 0 radical (unpaired) electrons. The van der Waals surface area contributed by atoms with Crippen molar-refractivity contribution in [3.05, 3.63) is 0 Å². The topological polar surface area (TPSA) is 60.0 Å². The van der Waals surface area contributed by atoms with E-state index in [4.69, 9.17) is 4.99 Å². The smallest absolute Gasteiger partial charge is 0.222 e. The van der Waals surface area contributed by atoms with Gasteiger partial charge in [-0.25, -0.2) is 0 Å². The van der Waals surface area contributed by atoms with Gasteiger partial charge in [-0.3, -0.25) is 9.79 Å². The maximum atomic E-state index is 12.0. The number of amides is 1. The molecule has 2 rings (SSSR count). The molecule has 2 aliphatic heterocycles. The highest BCUT2D eigenvalue weighted by atomic mass is 16.2. The lowest BCUT2D eigenvalue weighted by Crippen LogP contribution is -2.49. The molecule has 2 saturated heterocycles. The molecular weight excluding hydrogens is 326 g/mol. The number of nitrogens with one attached hydrogen (secondary N) is 2. The Morgan fingerprint density at radius 1 is 1.19 bits per heavy atom. The average molecular weight is 366 g/mol. The van der Waals surface area contributed by atoms with Crippen molar-refractivity contribution in [3.63, 3.8) is 0 Å². The zero-order chi connectivity index (χ0) is 18.8. The van der Waals surface area contributed by atoms with Crippen molar-refractivity contribution in [2.75, 3.05) is 39.3 Å². The van der Waals surface area contributed by atoms with Gasteiger partial charge >= 0.3 is 0 Å². The van der Waals surface area contributed by atoms with E-state index >= 15 is 0 Å². The second kappa shape index (κ2) is 11.4. The second-order valence-electron chi connectivity index (χ2n) is 7.85. The van der Waals surface area contributed by atoms with Gasteiger partial charge < -0.3 is 20.4 Å². The number of carbonyl (C=O) groups is 1. The van der Waals surface area contributed by atoms with Crippen LogP contribution in [-0.4, -0.2) is 73.0 Å². The van der Waals surface area contributed by atoms with Crippen LogP contribution in [0.25, 0.3) is 0 Å². The first-order valence-electron chi connectivity index (χ1n) is 10.7. The fourth-order valence-corrected chi connectivity index (χ4v) is 3.80. The van der Waals surface area contributed by atoms with Crippen LogP contribution in [-0.2, 0) is 4.79 Å². The van der Waals surface area contributed by atoms with E-state index in [1.54, 1.807) is 0 Å². The van der Waals surface area contributed by atoms with E-state index in [1.165, 1.54) is 19.3 Å². The van der Waals surface area contributed by atoms with Gasteiger partial charge in [0.1, 0.15) is 0 Å². The van der Waals surface area contributed by atoms with Crippen LogP contribution in [0.2, 0.25) is 0 Å². The Kier molecular flexibility index (Phi) is 9.23. The van der Waals surface area contributed by atoms with E-state index in [-0.39, 0.29) is 0 Å². The molecule has 150 valence electrons. The van der Waals surface area contributed by atoms with Crippen LogP contribution >= 0.6 is 0 Å². The number of piperidine rings is 1. The van der Waals surface area contributed by atoms with Crippen molar-refractivity contribution in [2.45, 2.75) is 77.8 Å². The van der Waals surface area contributed by atoms with Gasteiger partial charge in [0.25, 0.3) is 0 Å². The predicted octanol–water partition coefficient (Wildman–Crippen LogP) is 2.21. The summed E-state index contributed by atoms with van der Waals surface area (Å²) >= 11 is 0. The van der Waals surface area contributed by atoms with Gasteiger partial charge in [-0.2, -0.15) is 0 Å². The summed E-state index contributed by atoms with van der Waals surface area (Å²) in [7, 11) is 0. The summed E-state index contributed by atoms with van der Waals surface area (Å²) in [6.07, 6.45) is 7.39. The summed E-state index contributed by atoms with van der Waals surface area (Å²) in [5, 5.41) is 6.97. The highest BCUT2D eigenvalue weighted by Gasteiger charge is 2.21. The van der Waals surface area contributed by atoms with E-state index in [0.29, 0.717) is 18.0 Å². The lowest BCUT2D eigenvalue weighted by atomic mass is 10.0. The van der Waals surface area contributed by atoms with E-state index in [0.717, 1.165) is 70.9 Å². The van der Waals surface area contributed by atoms with Crippen LogP contribution in [0.5, 0.6) is 0 Å². The Labute approximate surface area is 159 Å². The monoisotopic (exact) mass is 365 g/mol. The van der Waals surface area contributed by atoms with Crippen molar-refractivity contribution < 1.29 is 4.79 Å². The van der Waals surface area contributed by atoms with Crippen LogP contribution < -0.4 is 10.6 Å². The maximum Gasteiger partial charge on any atom is 0.222 e. The third-order valence-electron chi connectivity index (χ3n) is 5.47. The Hall–Kier alpha value is -1.30. The summed E-state index contributed by atoms with van der Waals surface area (Å²) in [6.45, 7) is 12.4. The molecule has 0 aliphatic carbocycles. The lowest BCUT2D eigenvalue weighted by molar-refractivity contribution is -0.130. The first-order valence-corrected chi connectivity index (χ1v) is 10.7. The predicted molar refractivity (Wildman–Crippen MR) is 109 cm³/mol. The van der Waals surface area contributed by atoms with Gasteiger partial charge in [-0.1, -0.05) is 6.42 Å². The minimum atomic E-state index is 0.327.